The lowest BCUT2D eigenvalue weighted by Crippen LogP contribution is -2.01. The highest BCUT2D eigenvalue weighted by Crippen LogP contribution is 2.37. The van der Waals surface area contributed by atoms with Crippen LogP contribution in [-0.2, 0) is 6.54 Å². The van der Waals surface area contributed by atoms with Gasteiger partial charge in [0.2, 0.25) is 5.75 Å². The van der Waals surface area contributed by atoms with Crippen molar-refractivity contribution in [2.24, 2.45) is 0 Å². The zero-order valence-electron chi connectivity index (χ0n) is 11.2. The number of halogens is 1. The van der Waals surface area contributed by atoms with Gasteiger partial charge in [-0.2, -0.15) is 0 Å². The van der Waals surface area contributed by atoms with E-state index in [1.165, 1.54) is 14.2 Å². The Labute approximate surface area is 122 Å². The number of ether oxygens (including phenoxy) is 2. The number of aromatic nitrogens is 1. The lowest BCUT2D eigenvalue weighted by Gasteiger charge is -2.12. The number of rotatable bonds is 5. The minimum absolute atomic E-state index is 0.0156. The van der Waals surface area contributed by atoms with Crippen LogP contribution in [0.15, 0.2) is 30.5 Å². The second kappa shape index (κ2) is 6.34. The molecule has 2 rings (SSSR count). The van der Waals surface area contributed by atoms with E-state index >= 15 is 0 Å². The molecule has 2 N–H and O–H groups in total. The number of hydrogen-bond acceptors (Lipinski definition) is 5. The van der Waals surface area contributed by atoms with E-state index in [9.17, 15) is 5.11 Å². The smallest absolute Gasteiger partial charge is 0.200 e. The molecule has 0 bridgehead atoms. The first-order valence-electron chi connectivity index (χ1n) is 5.94. The number of phenols is 1. The number of nitrogens with zero attached hydrogens (tertiary/aromatic N) is 1. The SMILES string of the molecule is COc1cc(CNc2cccnc2Cl)cc(OC)c1O. The van der Waals surface area contributed by atoms with Crippen molar-refractivity contribution >= 4 is 17.3 Å². The molecular formula is C14H15ClN2O3. The Bertz CT molecular complexity index is 580. The van der Waals surface area contributed by atoms with Gasteiger partial charge in [0.25, 0.3) is 0 Å². The van der Waals surface area contributed by atoms with Crippen LogP contribution >= 0.6 is 11.6 Å². The van der Waals surface area contributed by atoms with Gasteiger partial charge < -0.3 is 19.9 Å². The third kappa shape index (κ3) is 3.05. The molecule has 0 amide bonds. The standard InChI is InChI=1S/C14H15ClN2O3/c1-19-11-6-9(7-12(20-2)13(11)18)8-17-10-4-3-5-16-14(10)15/h3-7,17-18H,8H2,1-2H3. The van der Waals surface area contributed by atoms with Crippen molar-refractivity contribution in [2.45, 2.75) is 6.54 Å². The van der Waals surface area contributed by atoms with Crippen LogP contribution in [0.3, 0.4) is 0 Å². The summed E-state index contributed by atoms with van der Waals surface area (Å²) in [4.78, 5) is 3.99. The summed E-state index contributed by atoms with van der Waals surface area (Å²) in [5, 5.41) is 13.4. The zero-order chi connectivity index (χ0) is 14.5. The predicted molar refractivity (Wildman–Crippen MR) is 77.8 cm³/mol. The summed E-state index contributed by atoms with van der Waals surface area (Å²) in [6, 6.07) is 7.10. The van der Waals surface area contributed by atoms with Gasteiger partial charge in [-0.3, -0.25) is 0 Å². The second-order valence-corrected chi connectivity index (χ2v) is 4.40. The fraction of sp³-hybridized carbons (Fsp3) is 0.214. The second-order valence-electron chi connectivity index (χ2n) is 4.04. The van der Waals surface area contributed by atoms with Crippen LogP contribution in [0.25, 0.3) is 0 Å². The molecule has 0 atom stereocenters. The number of nitrogens with one attached hydrogen (secondary N) is 1. The normalized spacial score (nSPS) is 10.2. The maximum atomic E-state index is 9.84. The van der Waals surface area contributed by atoms with E-state index in [0.717, 1.165) is 11.3 Å². The maximum Gasteiger partial charge on any atom is 0.200 e. The Hall–Kier alpha value is -2.14. The first kappa shape index (κ1) is 14.3. The van der Waals surface area contributed by atoms with E-state index in [2.05, 4.69) is 10.3 Å². The van der Waals surface area contributed by atoms with Gasteiger partial charge >= 0.3 is 0 Å². The Morgan fingerprint density at radius 2 is 1.90 bits per heavy atom. The molecular weight excluding hydrogens is 280 g/mol. The summed E-state index contributed by atoms with van der Waals surface area (Å²) in [6.07, 6.45) is 1.63. The molecule has 0 unspecified atom stereocenters. The van der Waals surface area contributed by atoms with Gasteiger partial charge in [0.05, 0.1) is 19.9 Å². The minimum atomic E-state index is -0.0156. The van der Waals surface area contributed by atoms with Crippen molar-refractivity contribution < 1.29 is 14.6 Å². The van der Waals surface area contributed by atoms with E-state index in [-0.39, 0.29) is 5.75 Å². The molecule has 0 saturated heterocycles. The molecule has 0 aliphatic heterocycles. The summed E-state index contributed by atoms with van der Waals surface area (Å²) in [6.45, 7) is 0.498. The molecule has 0 spiro atoms. The Morgan fingerprint density at radius 3 is 2.45 bits per heavy atom. The fourth-order valence-electron chi connectivity index (χ4n) is 1.77. The van der Waals surface area contributed by atoms with Crippen molar-refractivity contribution in [1.82, 2.24) is 4.98 Å². The largest absolute Gasteiger partial charge is 0.502 e. The third-order valence-electron chi connectivity index (χ3n) is 2.78. The van der Waals surface area contributed by atoms with Crippen molar-refractivity contribution in [3.8, 4) is 17.2 Å². The quantitative estimate of drug-likeness (QED) is 0.830. The van der Waals surface area contributed by atoms with Gasteiger partial charge in [0, 0.05) is 12.7 Å². The van der Waals surface area contributed by atoms with Crippen LogP contribution in [0, 0.1) is 0 Å². The molecule has 0 fully saturated rings. The molecule has 5 nitrogen and oxygen atoms in total. The predicted octanol–water partition coefficient (Wildman–Crippen LogP) is 3.07. The number of benzene rings is 1. The van der Waals surface area contributed by atoms with E-state index in [4.69, 9.17) is 21.1 Å². The van der Waals surface area contributed by atoms with Gasteiger partial charge in [-0.05, 0) is 29.8 Å². The molecule has 0 saturated carbocycles. The van der Waals surface area contributed by atoms with Gasteiger partial charge in [0.15, 0.2) is 16.7 Å². The number of phenolic OH excluding ortho intramolecular Hbond substituents is 1. The lowest BCUT2D eigenvalue weighted by atomic mass is 10.1. The molecule has 0 radical (unpaired) electrons. The van der Waals surface area contributed by atoms with E-state index < -0.39 is 0 Å². The third-order valence-corrected chi connectivity index (χ3v) is 3.08. The molecule has 106 valence electrons. The topological polar surface area (TPSA) is 63.6 Å². The number of aromatic hydroxyl groups is 1. The molecule has 0 aliphatic carbocycles. The van der Waals surface area contributed by atoms with E-state index in [1.807, 2.05) is 6.07 Å². The molecule has 1 aromatic heterocycles. The van der Waals surface area contributed by atoms with Gasteiger partial charge in [0.1, 0.15) is 0 Å². The average molecular weight is 295 g/mol. The number of pyridine rings is 1. The highest BCUT2D eigenvalue weighted by molar-refractivity contribution is 6.31. The van der Waals surface area contributed by atoms with Crippen LogP contribution < -0.4 is 14.8 Å². The maximum absolute atomic E-state index is 9.84. The number of methoxy groups -OCH3 is 2. The first-order valence-corrected chi connectivity index (χ1v) is 6.31. The summed E-state index contributed by atoms with van der Waals surface area (Å²) in [5.74, 6) is 0.704. The molecule has 20 heavy (non-hydrogen) atoms. The van der Waals surface area contributed by atoms with Crippen LogP contribution in [0.4, 0.5) is 5.69 Å². The summed E-state index contributed by atoms with van der Waals surface area (Å²) >= 11 is 5.97. The Morgan fingerprint density at radius 1 is 1.25 bits per heavy atom. The van der Waals surface area contributed by atoms with Gasteiger partial charge in [-0.1, -0.05) is 11.6 Å². The van der Waals surface area contributed by atoms with Crippen molar-refractivity contribution in [1.29, 1.82) is 0 Å². The lowest BCUT2D eigenvalue weighted by molar-refractivity contribution is 0.339. The molecule has 2 aromatic rings. The van der Waals surface area contributed by atoms with Crippen molar-refractivity contribution in [2.75, 3.05) is 19.5 Å². The Kier molecular flexibility index (Phi) is 4.53. The first-order chi connectivity index (χ1) is 9.65. The molecule has 1 aromatic carbocycles. The number of hydrogen-bond donors (Lipinski definition) is 2. The van der Waals surface area contributed by atoms with E-state index in [0.29, 0.717) is 23.2 Å². The highest BCUT2D eigenvalue weighted by atomic mass is 35.5. The van der Waals surface area contributed by atoms with Gasteiger partial charge in [-0.25, -0.2) is 4.98 Å². The van der Waals surface area contributed by atoms with Crippen molar-refractivity contribution in [3.63, 3.8) is 0 Å². The van der Waals surface area contributed by atoms with Crippen LogP contribution in [0.1, 0.15) is 5.56 Å². The van der Waals surface area contributed by atoms with Crippen LogP contribution in [0.2, 0.25) is 5.15 Å². The summed E-state index contributed by atoms with van der Waals surface area (Å²) < 4.78 is 10.2. The molecule has 0 aliphatic rings. The molecule has 6 heteroatoms. The zero-order valence-corrected chi connectivity index (χ0v) is 11.9. The summed E-state index contributed by atoms with van der Waals surface area (Å²) in [7, 11) is 2.98. The minimum Gasteiger partial charge on any atom is -0.502 e. The van der Waals surface area contributed by atoms with E-state index in [1.54, 1.807) is 24.4 Å². The Balaban J connectivity index is 2.19. The van der Waals surface area contributed by atoms with Crippen LogP contribution in [-0.4, -0.2) is 24.3 Å². The monoisotopic (exact) mass is 294 g/mol. The average Bonchev–Trinajstić information content (AvgIpc) is 2.47. The highest BCUT2D eigenvalue weighted by Gasteiger charge is 2.11. The molecule has 1 heterocycles. The van der Waals surface area contributed by atoms with Crippen LogP contribution in [0.5, 0.6) is 17.2 Å². The van der Waals surface area contributed by atoms with Crippen molar-refractivity contribution in [3.05, 3.63) is 41.2 Å². The number of anilines is 1. The van der Waals surface area contributed by atoms with Gasteiger partial charge in [-0.15, -0.1) is 0 Å². The fourth-order valence-corrected chi connectivity index (χ4v) is 1.95. The summed E-state index contributed by atoms with van der Waals surface area (Å²) in [5.41, 5.74) is 1.62.